The average Bonchev–Trinajstić information content (AvgIpc) is 1.98. The Morgan fingerprint density at radius 1 is 1.45 bits per heavy atom. The van der Waals surface area contributed by atoms with Gasteiger partial charge in [0.1, 0.15) is 0 Å². The van der Waals surface area contributed by atoms with Gasteiger partial charge >= 0.3 is 0 Å². The molecule has 0 aromatic rings. The summed E-state index contributed by atoms with van der Waals surface area (Å²) in [5.41, 5.74) is 0. The minimum Gasteiger partial charge on any atom is -0.357 e. The van der Waals surface area contributed by atoms with Gasteiger partial charge in [-0.15, -0.1) is 0 Å². The molecular formula is C6H11N3O2. The fraction of sp³-hybridized carbons (Fsp3) is 0.667. The van der Waals surface area contributed by atoms with Crippen molar-refractivity contribution in [1.82, 2.24) is 5.32 Å². The van der Waals surface area contributed by atoms with Crippen molar-refractivity contribution >= 4 is 11.7 Å². The summed E-state index contributed by atoms with van der Waals surface area (Å²) in [4.78, 5) is 21.6. The molecule has 0 aliphatic heterocycles. The van der Waals surface area contributed by atoms with Crippen LogP contribution in [0.2, 0.25) is 0 Å². The van der Waals surface area contributed by atoms with E-state index < -0.39 is 11.9 Å². The molecule has 0 bridgehead atoms. The number of nitrogens with zero attached hydrogens (tertiary/aromatic N) is 2. The zero-order chi connectivity index (χ0) is 8.85. The number of carbonyl (C=O) groups is 2. The summed E-state index contributed by atoms with van der Waals surface area (Å²) in [5, 5.41) is 9.15. The van der Waals surface area contributed by atoms with Gasteiger partial charge in [-0.25, -0.2) is 0 Å². The number of amides is 1. The molecular weight excluding hydrogens is 146 g/mol. The molecule has 0 radical (unpaired) electrons. The first kappa shape index (κ1) is 9.74. The quantitative estimate of drug-likeness (QED) is 0.454. The molecule has 1 atom stereocenters. The molecule has 0 saturated heterocycles. The van der Waals surface area contributed by atoms with Gasteiger partial charge in [-0.05, 0) is 6.92 Å². The molecule has 1 N–H and O–H groups in total. The van der Waals surface area contributed by atoms with Gasteiger partial charge < -0.3 is 5.32 Å². The molecule has 5 heteroatoms. The predicted octanol–water partition coefficient (Wildman–Crippen LogP) is -0.228. The molecule has 62 valence electrons. The number of rotatable bonds is 3. The molecule has 0 saturated carbocycles. The Balaban J connectivity index is 4.34. The van der Waals surface area contributed by atoms with Crippen LogP contribution >= 0.6 is 0 Å². The van der Waals surface area contributed by atoms with Gasteiger partial charge in [0.05, 0.1) is 0 Å². The van der Waals surface area contributed by atoms with Crippen LogP contribution in [0.4, 0.5) is 0 Å². The standard InChI is InChI=1S/C6H11N3O2/c1-4(10)5(9-8-3)6(11)7-2/h5H,1-3H3,(H,7,11). The number of ketones is 1. The van der Waals surface area contributed by atoms with Crippen LogP contribution in [0.25, 0.3) is 0 Å². The SMILES string of the molecule is CN=NC(C(C)=O)C(=O)NC. The van der Waals surface area contributed by atoms with E-state index in [4.69, 9.17) is 0 Å². The van der Waals surface area contributed by atoms with Crippen molar-refractivity contribution < 1.29 is 9.59 Å². The lowest BCUT2D eigenvalue weighted by Gasteiger charge is -2.03. The highest BCUT2D eigenvalue weighted by molar-refractivity contribution is 6.04. The van der Waals surface area contributed by atoms with Gasteiger partial charge in [0.25, 0.3) is 5.91 Å². The molecule has 0 aromatic carbocycles. The van der Waals surface area contributed by atoms with Gasteiger partial charge in [-0.2, -0.15) is 10.2 Å². The molecule has 0 fully saturated rings. The number of carbonyl (C=O) groups excluding carboxylic acids is 2. The summed E-state index contributed by atoms with van der Waals surface area (Å²) in [6.07, 6.45) is 0. The van der Waals surface area contributed by atoms with E-state index in [-0.39, 0.29) is 5.78 Å². The predicted molar refractivity (Wildman–Crippen MR) is 39.3 cm³/mol. The van der Waals surface area contributed by atoms with E-state index in [2.05, 4.69) is 15.5 Å². The second-order valence-corrected chi connectivity index (χ2v) is 1.94. The Labute approximate surface area is 64.9 Å². The summed E-state index contributed by atoms with van der Waals surface area (Å²) in [6, 6.07) is -0.981. The zero-order valence-corrected chi connectivity index (χ0v) is 6.79. The lowest BCUT2D eigenvalue weighted by Crippen LogP contribution is -2.35. The van der Waals surface area contributed by atoms with E-state index in [1.54, 1.807) is 0 Å². The van der Waals surface area contributed by atoms with Crippen LogP contribution < -0.4 is 5.32 Å². The lowest BCUT2D eigenvalue weighted by atomic mass is 10.2. The average molecular weight is 157 g/mol. The Bertz CT molecular complexity index is 188. The van der Waals surface area contributed by atoms with E-state index in [1.807, 2.05) is 0 Å². The first-order chi connectivity index (χ1) is 5.13. The number of hydrogen-bond donors (Lipinski definition) is 1. The van der Waals surface area contributed by atoms with Crippen molar-refractivity contribution in [3.05, 3.63) is 0 Å². The van der Waals surface area contributed by atoms with Crippen LogP contribution in [0.5, 0.6) is 0 Å². The number of hydrogen-bond acceptors (Lipinski definition) is 4. The summed E-state index contributed by atoms with van der Waals surface area (Å²) >= 11 is 0. The first-order valence-corrected chi connectivity index (χ1v) is 3.14. The zero-order valence-electron chi connectivity index (χ0n) is 6.79. The third-order valence-corrected chi connectivity index (χ3v) is 1.11. The highest BCUT2D eigenvalue weighted by Gasteiger charge is 2.20. The maximum Gasteiger partial charge on any atom is 0.254 e. The number of azo groups is 1. The minimum atomic E-state index is -0.981. The molecule has 11 heavy (non-hydrogen) atoms. The molecule has 0 aliphatic carbocycles. The number of nitrogens with one attached hydrogen (secondary N) is 1. The van der Waals surface area contributed by atoms with Gasteiger partial charge in [-0.1, -0.05) is 0 Å². The second kappa shape index (κ2) is 4.54. The normalized spacial score (nSPS) is 13.0. The summed E-state index contributed by atoms with van der Waals surface area (Å²) in [5.74, 6) is -0.738. The maximum atomic E-state index is 10.9. The van der Waals surface area contributed by atoms with Crippen LogP contribution in [0, 0.1) is 0 Å². The summed E-state index contributed by atoms with van der Waals surface area (Å²) < 4.78 is 0. The van der Waals surface area contributed by atoms with Crippen molar-refractivity contribution in [2.75, 3.05) is 14.1 Å². The van der Waals surface area contributed by atoms with Crippen molar-refractivity contribution in [3.8, 4) is 0 Å². The van der Waals surface area contributed by atoms with Crippen LogP contribution in [0.15, 0.2) is 10.2 Å². The topological polar surface area (TPSA) is 70.9 Å². The number of likely N-dealkylation sites (N-methyl/N-ethyl adjacent to an activating group) is 1. The third-order valence-electron chi connectivity index (χ3n) is 1.11. The molecule has 1 amide bonds. The minimum absolute atomic E-state index is 0.310. The van der Waals surface area contributed by atoms with Gasteiger partial charge in [-0.3, -0.25) is 9.59 Å². The summed E-state index contributed by atoms with van der Waals surface area (Å²) in [7, 11) is 2.86. The Hall–Kier alpha value is -1.26. The van der Waals surface area contributed by atoms with Crippen LogP contribution in [0.3, 0.4) is 0 Å². The van der Waals surface area contributed by atoms with E-state index in [1.165, 1.54) is 21.0 Å². The van der Waals surface area contributed by atoms with Crippen molar-refractivity contribution in [3.63, 3.8) is 0 Å². The number of Topliss-reactive ketones (excluding diaryl/α,β-unsaturated/α-hetero) is 1. The van der Waals surface area contributed by atoms with Crippen LogP contribution in [-0.2, 0) is 9.59 Å². The highest BCUT2D eigenvalue weighted by Crippen LogP contribution is 1.93. The van der Waals surface area contributed by atoms with E-state index >= 15 is 0 Å². The van der Waals surface area contributed by atoms with Gasteiger partial charge in [0, 0.05) is 14.1 Å². The van der Waals surface area contributed by atoms with Gasteiger partial charge in [0.2, 0.25) is 6.04 Å². The van der Waals surface area contributed by atoms with Gasteiger partial charge in [0.15, 0.2) is 5.78 Å². The maximum absolute atomic E-state index is 10.9. The first-order valence-electron chi connectivity index (χ1n) is 3.14. The van der Waals surface area contributed by atoms with Crippen LogP contribution in [-0.4, -0.2) is 31.8 Å². The van der Waals surface area contributed by atoms with E-state index in [0.29, 0.717) is 0 Å². The molecule has 0 spiro atoms. The molecule has 0 heterocycles. The summed E-state index contributed by atoms with van der Waals surface area (Å²) in [6.45, 7) is 1.30. The molecule has 1 unspecified atom stereocenters. The van der Waals surface area contributed by atoms with E-state index in [9.17, 15) is 9.59 Å². The molecule has 5 nitrogen and oxygen atoms in total. The fourth-order valence-electron chi connectivity index (χ4n) is 0.571. The molecule has 0 aromatic heterocycles. The lowest BCUT2D eigenvalue weighted by molar-refractivity contribution is -0.128. The van der Waals surface area contributed by atoms with Crippen molar-refractivity contribution in [2.45, 2.75) is 13.0 Å². The third kappa shape index (κ3) is 2.88. The van der Waals surface area contributed by atoms with Crippen LogP contribution in [0.1, 0.15) is 6.92 Å². The monoisotopic (exact) mass is 157 g/mol. The van der Waals surface area contributed by atoms with Crippen molar-refractivity contribution in [2.24, 2.45) is 10.2 Å². The van der Waals surface area contributed by atoms with Crippen molar-refractivity contribution in [1.29, 1.82) is 0 Å². The Kier molecular flexibility index (Phi) is 4.02. The largest absolute Gasteiger partial charge is 0.357 e. The Morgan fingerprint density at radius 3 is 2.27 bits per heavy atom. The fourth-order valence-corrected chi connectivity index (χ4v) is 0.571. The van der Waals surface area contributed by atoms with E-state index in [0.717, 1.165) is 0 Å². The molecule has 0 rings (SSSR count). The molecule has 0 aliphatic rings. The second-order valence-electron chi connectivity index (χ2n) is 1.94. The highest BCUT2D eigenvalue weighted by atomic mass is 16.2. The smallest absolute Gasteiger partial charge is 0.254 e. The Morgan fingerprint density at radius 2 is 2.00 bits per heavy atom.